The summed E-state index contributed by atoms with van der Waals surface area (Å²) in [4.78, 5) is 17.7. The van der Waals surface area contributed by atoms with E-state index in [0.29, 0.717) is 0 Å². The Kier molecular flexibility index (Phi) is 4.78. The summed E-state index contributed by atoms with van der Waals surface area (Å²) in [6, 6.07) is 10.6. The largest absolute Gasteiger partial charge is 0.461 e. The third-order valence-electron chi connectivity index (χ3n) is 7.65. The minimum atomic E-state index is -0.0185. The number of piperazine rings is 1. The number of esters is 1. The van der Waals surface area contributed by atoms with Crippen LogP contribution in [0, 0.1) is 17.3 Å². The van der Waals surface area contributed by atoms with Gasteiger partial charge < -0.3 is 9.64 Å². The molecule has 2 aliphatic heterocycles. The molecule has 0 aromatic heterocycles. The molecule has 5 rings (SSSR count). The lowest BCUT2D eigenvalue weighted by Crippen LogP contribution is -2.49. The van der Waals surface area contributed by atoms with Gasteiger partial charge in [-0.3, -0.25) is 9.69 Å². The summed E-state index contributed by atoms with van der Waals surface area (Å²) < 4.78 is 5.92. The molecule has 1 aromatic carbocycles. The van der Waals surface area contributed by atoms with Crippen molar-refractivity contribution in [1.29, 1.82) is 0 Å². The summed E-state index contributed by atoms with van der Waals surface area (Å²) >= 11 is 0. The van der Waals surface area contributed by atoms with Crippen LogP contribution in [0.2, 0.25) is 0 Å². The zero-order chi connectivity index (χ0) is 20.0. The van der Waals surface area contributed by atoms with Gasteiger partial charge in [-0.05, 0) is 49.3 Å². The van der Waals surface area contributed by atoms with Crippen molar-refractivity contribution in [3.63, 3.8) is 0 Å². The molecule has 154 valence electrons. The molecule has 4 atom stereocenters. The molecule has 0 amide bonds. The Morgan fingerprint density at radius 2 is 1.90 bits per heavy atom. The first-order chi connectivity index (χ1) is 14.0. The molecule has 2 saturated heterocycles. The second kappa shape index (κ2) is 7.32. The summed E-state index contributed by atoms with van der Waals surface area (Å²) in [6.45, 7) is 9.45. The van der Waals surface area contributed by atoms with Crippen LogP contribution >= 0.6 is 0 Å². The minimum absolute atomic E-state index is 0.0185. The lowest BCUT2D eigenvalue weighted by molar-refractivity contribution is -0.145. The first-order valence-electron chi connectivity index (χ1n) is 11.2. The van der Waals surface area contributed by atoms with E-state index in [1.807, 2.05) is 0 Å². The van der Waals surface area contributed by atoms with Gasteiger partial charge in [0.05, 0.1) is 5.92 Å². The number of allylic oxidation sites excluding steroid dienone is 3. The Hall–Kier alpha value is -2.07. The van der Waals surface area contributed by atoms with Crippen LogP contribution in [-0.2, 0) is 9.53 Å². The second-order valence-corrected chi connectivity index (χ2v) is 9.55. The van der Waals surface area contributed by atoms with Gasteiger partial charge in [-0.25, -0.2) is 0 Å². The number of anilines is 1. The Morgan fingerprint density at radius 1 is 1.14 bits per heavy atom. The highest BCUT2D eigenvalue weighted by molar-refractivity contribution is 5.76. The van der Waals surface area contributed by atoms with Gasteiger partial charge in [0.15, 0.2) is 0 Å². The van der Waals surface area contributed by atoms with Crippen LogP contribution in [0.4, 0.5) is 5.69 Å². The van der Waals surface area contributed by atoms with Crippen molar-refractivity contribution in [2.75, 3.05) is 37.6 Å². The summed E-state index contributed by atoms with van der Waals surface area (Å²) in [5, 5.41) is 0. The van der Waals surface area contributed by atoms with Crippen LogP contribution < -0.4 is 4.90 Å². The van der Waals surface area contributed by atoms with E-state index in [1.54, 1.807) is 0 Å². The van der Waals surface area contributed by atoms with E-state index in [1.165, 1.54) is 23.3 Å². The number of carbonyl (C=O) groups is 1. The van der Waals surface area contributed by atoms with Crippen molar-refractivity contribution in [2.45, 2.75) is 39.2 Å². The number of para-hydroxylation sites is 1. The quantitative estimate of drug-likeness (QED) is 0.727. The van der Waals surface area contributed by atoms with E-state index in [0.717, 1.165) is 45.6 Å². The maximum absolute atomic E-state index is 12.8. The highest BCUT2D eigenvalue weighted by atomic mass is 16.6. The third-order valence-corrected chi connectivity index (χ3v) is 7.65. The third kappa shape index (κ3) is 3.42. The van der Waals surface area contributed by atoms with Crippen LogP contribution in [0.3, 0.4) is 0 Å². The standard InChI is InChI=1S/C25H32N2O2/c1-18-7-6-10-25(2)16-23-20(15-22(18)25)21(24(28)29-23)17-26-11-13-27(14-12-26)19-8-4-3-5-9-19/h3-5,7-9,15,20-21,23H,6,10-14,16-17H2,1-2H3/t20-,21-,23-,25-/m1/s1. The number of ether oxygens (including phenoxy) is 1. The van der Waals surface area contributed by atoms with Gasteiger partial charge in [-0.15, -0.1) is 0 Å². The van der Waals surface area contributed by atoms with Crippen LogP contribution in [-0.4, -0.2) is 49.7 Å². The SMILES string of the molecule is CC1=CCC[C@]2(C)C[C@H]3OC(=O)[C@H](CN4CCN(c5ccccc5)CC4)[C@H]3C=C12. The van der Waals surface area contributed by atoms with Crippen LogP contribution in [0.25, 0.3) is 0 Å². The predicted molar refractivity (Wildman–Crippen MR) is 116 cm³/mol. The second-order valence-electron chi connectivity index (χ2n) is 9.55. The Labute approximate surface area is 174 Å². The minimum Gasteiger partial charge on any atom is -0.461 e. The molecule has 0 unspecified atom stereocenters. The van der Waals surface area contributed by atoms with Gasteiger partial charge in [0.25, 0.3) is 0 Å². The number of hydrogen-bond donors (Lipinski definition) is 0. The van der Waals surface area contributed by atoms with E-state index in [-0.39, 0.29) is 29.3 Å². The van der Waals surface area contributed by atoms with Crippen molar-refractivity contribution in [2.24, 2.45) is 17.3 Å². The Bertz CT molecular complexity index is 838. The highest BCUT2D eigenvalue weighted by Gasteiger charge is 2.51. The zero-order valence-corrected chi connectivity index (χ0v) is 17.6. The van der Waals surface area contributed by atoms with Gasteiger partial charge in [0, 0.05) is 44.3 Å². The number of rotatable bonds is 3. The number of fused-ring (bicyclic) bond motifs is 2. The molecule has 2 aliphatic carbocycles. The Balaban J connectivity index is 1.28. The first-order valence-corrected chi connectivity index (χ1v) is 11.2. The van der Waals surface area contributed by atoms with Crippen LogP contribution in [0.15, 0.2) is 53.6 Å². The lowest BCUT2D eigenvalue weighted by atomic mass is 9.62. The normalized spacial score (nSPS) is 34.8. The molecular formula is C25H32N2O2. The van der Waals surface area contributed by atoms with E-state index < -0.39 is 0 Å². The molecule has 0 saturated carbocycles. The van der Waals surface area contributed by atoms with Gasteiger partial charge in [0.2, 0.25) is 0 Å². The Morgan fingerprint density at radius 3 is 2.66 bits per heavy atom. The molecule has 1 aromatic rings. The number of benzene rings is 1. The van der Waals surface area contributed by atoms with Crippen molar-refractivity contribution < 1.29 is 9.53 Å². The monoisotopic (exact) mass is 392 g/mol. The first kappa shape index (κ1) is 18.9. The lowest BCUT2D eigenvalue weighted by Gasteiger charge is -2.43. The topological polar surface area (TPSA) is 32.8 Å². The number of nitrogens with zero attached hydrogens (tertiary/aromatic N) is 2. The molecule has 0 radical (unpaired) electrons. The number of carbonyl (C=O) groups excluding carboxylic acids is 1. The molecule has 4 aliphatic rings. The van der Waals surface area contributed by atoms with Crippen LogP contribution in [0.5, 0.6) is 0 Å². The summed E-state index contributed by atoms with van der Waals surface area (Å²) in [5.74, 6) is 0.237. The molecule has 2 fully saturated rings. The fourth-order valence-electron chi connectivity index (χ4n) is 5.94. The number of hydrogen-bond acceptors (Lipinski definition) is 4. The van der Waals surface area contributed by atoms with Crippen molar-refractivity contribution >= 4 is 11.7 Å². The van der Waals surface area contributed by atoms with E-state index in [4.69, 9.17) is 4.74 Å². The van der Waals surface area contributed by atoms with Gasteiger partial charge in [0.1, 0.15) is 6.10 Å². The highest BCUT2D eigenvalue weighted by Crippen LogP contribution is 2.52. The van der Waals surface area contributed by atoms with Gasteiger partial charge in [-0.2, -0.15) is 0 Å². The predicted octanol–water partition coefficient (Wildman–Crippen LogP) is 4.04. The van der Waals surface area contributed by atoms with Gasteiger partial charge >= 0.3 is 5.97 Å². The van der Waals surface area contributed by atoms with Crippen molar-refractivity contribution in [3.8, 4) is 0 Å². The molecule has 4 nitrogen and oxygen atoms in total. The maximum Gasteiger partial charge on any atom is 0.311 e. The smallest absolute Gasteiger partial charge is 0.311 e. The molecule has 4 heteroatoms. The van der Waals surface area contributed by atoms with Gasteiger partial charge in [-0.1, -0.05) is 42.8 Å². The molecule has 0 bridgehead atoms. The average Bonchev–Trinajstić information content (AvgIpc) is 3.01. The molecule has 0 N–H and O–H groups in total. The molecule has 2 heterocycles. The van der Waals surface area contributed by atoms with Crippen molar-refractivity contribution in [1.82, 2.24) is 4.90 Å². The fourth-order valence-corrected chi connectivity index (χ4v) is 5.94. The fraction of sp³-hybridized carbons (Fsp3) is 0.560. The zero-order valence-electron chi connectivity index (χ0n) is 17.6. The average molecular weight is 393 g/mol. The summed E-state index contributed by atoms with van der Waals surface area (Å²) in [7, 11) is 0. The van der Waals surface area contributed by atoms with E-state index >= 15 is 0 Å². The summed E-state index contributed by atoms with van der Waals surface area (Å²) in [6.07, 6.45) is 8.14. The van der Waals surface area contributed by atoms with E-state index in [2.05, 4.69) is 66.1 Å². The van der Waals surface area contributed by atoms with Crippen molar-refractivity contribution in [3.05, 3.63) is 53.6 Å². The maximum atomic E-state index is 12.8. The molecule has 29 heavy (non-hydrogen) atoms. The molecule has 0 spiro atoms. The van der Waals surface area contributed by atoms with Crippen LogP contribution in [0.1, 0.15) is 33.1 Å². The molecular weight excluding hydrogens is 360 g/mol. The van der Waals surface area contributed by atoms with E-state index in [9.17, 15) is 4.79 Å². The summed E-state index contributed by atoms with van der Waals surface area (Å²) in [5.41, 5.74) is 4.36.